The van der Waals surface area contributed by atoms with Gasteiger partial charge in [0.05, 0.1) is 13.2 Å². The first kappa shape index (κ1) is 13.3. The van der Waals surface area contributed by atoms with Crippen molar-refractivity contribution in [3.05, 3.63) is 28.3 Å². The molecule has 1 aromatic rings. The third-order valence-corrected chi connectivity index (χ3v) is 2.38. The van der Waals surface area contributed by atoms with Gasteiger partial charge in [0.15, 0.2) is 0 Å². The number of ether oxygens (including phenoxy) is 2. The summed E-state index contributed by atoms with van der Waals surface area (Å²) in [5.41, 5.74) is 7.40. The molecule has 0 spiro atoms. The standard InChI is InChI=1S/C12H18ClNO2/c1-9-7-11(13)8-10(2)12(9)16-6-5-15-4-3-14/h7-8H,3-6,14H2,1-2H3. The molecule has 0 saturated carbocycles. The van der Waals surface area contributed by atoms with E-state index in [-0.39, 0.29) is 0 Å². The summed E-state index contributed by atoms with van der Waals surface area (Å²) in [5.74, 6) is 0.890. The van der Waals surface area contributed by atoms with Gasteiger partial charge >= 0.3 is 0 Å². The lowest BCUT2D eigenvalue weighted by atomic mass is 10.1. The molecule has 90 valence electrons. The molecule has 0 radical (unpaired) electrons. The second kappa shape index (κ2) is 6.74. The van der Waals surface area contributed by atoms with Crippen LogP contribution in [0, 0.1) is 13.8 Å². The Morgan fingerprint density at radius 3 is 2.31 bits per heavy atom. The summed E-state index contributed by atoms with van der Waals surface area (Å²) in [7, 11) is 0. The summed E-state index contributed by atoms with van der Waals surface area (Å²) in [5, 5.41) is 0.738. The van der Waals surface area contributed by atoms with Crippen molar-refractivity contribution in [2.75, 3.05) is 26.4 Å². The largest absolute Gasteiger partial charge is 0.491 e. The summed E-state index contributed by atoms with van der Waals surface area (Å²) in [6.07, 6.45) is 0. The molecular formula is C12H18ClNO2. The predicted octanol–water partition coefficient (Wildman–Crippen LogP) is 2.31. The summed E-state index contributed by atoms with van der Waals surface area (Å²) < 4.78 is 10.9. The molecule has 0 bridgehead atoms. The highest BCUT2D eigenvalue weighted by molar-refractivity contribution is 6.30. The van der Waals surface area contributed by atoms with Gasteiger partial charge in [-0.3, -0.25) is 0 Å². The average Bonchev–Trinajstić information content (AvgIpc) is 2.20. The van der Waals surface area contributed by atoms with Crippen LogP contribution in [0.25, 0.3) is 0 Å². The van der Waals surface area contributed by atoms with E-state index in [4.69, 9.17) is 26.8 Å². The lowest BCUT2D eigenvalue weighted by molar-refractivity contribution is 0.105. The zero-order valence-electron chi connectivity index (χ0n) is 9.75. The number of nitrogens with two attached hydrogens (primary N) is 1. The Morgan fingerprint density at radius 1 is 1.12 bits per heavy atom. The highest BCUT2D eigenvalue weighted by Gasteiger charge is 2.05. The monoisotopic (exact) mass is 243 g/mol. The topological polar surface area (TPSA) is 44.5 Å². The SMILES string of the molecule is Cc1cc(Cl)cc(C)c1OCCOCCN. The highest BCUT2D eigenvalue weighted by Crippen LogP contribution is 2.26. The van der Waals surface area contributed by atoms with Gasteiger partial charge in [-0.2, -0.15) is 0 Å². The second-order valence-corrected chi connectivity index (χ2v) is 4.05. The van der Waals surface area contributed by atoms with Crippen molar-refractivity contribution in [3.8, 4) is 5.75 Å². The molecule has 2 N–H and O–H groups in total. The Hall–Kier alpha value is -0.770. The molecule has 0 aliphatic carbocycles. The van der Waals surface area contributed by atoms with E-state index in [1.807, 2.05) is 26.0 Å². The summed E-state index contributed by atoms with van der Waals surface area (Å²) in [6, 6.07) is 3.79. The minimum absolute atomic E-state index is 0.531. The highest BCUT2D eigenvalue weighted by atomic mass is 35.5. The first-order valence-electron chi connectivity index (χ1n) is 5.32. The van der Waals surface area contributed by atoms with Gasteiger partial charge in [-0.1, -0.05) is 11.6 Å². The summed E-state index contributed by atoms with van der Waals surface area (Å²) in [4.78, 5) is 0. The first-order chi connectivity index (χ1) is 7.65. The van der Waals surface area contributed by atoms with E-state index >= 15 is 0 Å². The zero-order valence-corrected chi connectivity index (χ0v) is 10.5. The lowest BCUT2D eigenvalue weighted by Crippen LogP contribution is -2.13. The fourth-order valence-corrected chi connectivity index (χ4v) is 1.84. The smallest absolute Gasteiger partial charge is 0.125 e. The van der Waals surface area contributed by atoms with Crippen LogP contribution in [0.5, 0.6) is 5.75 Å². The molecule has 16 heavy (non-hydrogen) atoms. The van der Waals surface area contributed by atoms with Crippen LogP contribution in [0.15, 0.2) is 12.1 Å². The Morgan fingerprint density at radius 2 is 1.75 bits per heavy atom. The molecule has 0 unspecified atom stereocenters. The van der Waals surface area contributed by atoms with Crippen molar-refractivity contribution < 1.29 is 9.47 Å². The fourth-order valence-electron chi connectivity index (χ4n) is 1.51. The van der Waals surface area contributed by atoms with Gasteiger partial charge in [0.1, 0.15) is 12.4 Å². The molecule has 0 saturated heterocycles. The van der Waals surface area contributed by atoms with Gasteiger partial charge in [-0.05, 0) is 37.1 Å². The molecule has 3 nitrogen and oxygen atoms in total. The molecule has 0 aliphatic rings. The van der Waals surface area contributed by atoms with Crippen molar-refractivity contribution in [3.63, 3.8) is 0 Å². The molecular weight excluding hydrogens is 226 g/mol. The van der Waals surface area contributed by atoms with Crippen LogP contribution in [0.3, 0.4) is 0 Å². The minimum Gasteiger partial charge on any atom is -0.491 e. The number of hydrogen-bond donors (Lipinski definition) is 1. The third-order valence-electron chi connectivity index (χ3n) is 2.16. The van der Waals surface area contributed by atoms with Crippen molar-refractivity contribution in [1.29, 1.82) is 0 Å². The van der Waals surface area contributed by atoms with Crippen LogP contribution < -0.4 is 10.5 Å². The fraction of sp³-hybridized carbons (Fsp3) is 0.500. The zero-order chi connectivity index (χ0) is 12.0. The molecule has 0 atom stereocenters. The molecule has 0 fully saturated rings. The van der Waals surface area contributed by atoms with E-state index in [0.29, 0.717) is 26.4 Å². The average molecular weight is 244 g/mol. The molecule has 4 heteroatoms. The maximum atomic E-state index is 5.93. The van der Waals surface area contributed by atoms with Crippen molar-refractivity contribution >= 4 is 11.6 Å². The van der Waals surface area contributed by atoms with E-state index in [0.717, 1.165) is 21.9 Å². The van der Waals surface area contributed by atoms with Crippen molar-refractivity contribution in [1.82, 2.24) is 0 Å². The quantitative estimate of drug-likeness (QED) is 0.780. The van der Waals surface area contributed by atoms with E-state index in [1.54, 1.807) is 0 Å². The normalized spacial score (nSPS) is 10.5. The Kier molecular flexibility index (Phi) is 5.60. The molecule has 1 rings (SSSR count). The minimum atomic E-state index is 0.531. The maximum absolute atomic E-state index is 5.93. The van der Waals surface area contributed by atoms with Crippen LogP contribution in [0.2, 0.25) is 5.02 Å². The number of rotatable bonds is 6. The van der Waals surface area contributed by atoms with Crippen LogP contribution >= 0.6 is 11.6 Å². The van der Waals surface area contributed by atoms with E-state index < -0.39 is 0 Å². The Labute approximate surface area is 101 Å². The van der Waals surface area contributed by atoms with E-state index in [9.17, 15) is 0 Å². The Bertz CT molecular complexity index is 319. The maximum Gasteiger partial charge on any atom is 0.125 e. The van der Waals surface area contributed by atoms with Crippen molar-refractivity contribution in [2.45, 2.75) is 13.8 Å². The first-order valence-corrected chi connectivity index (χ1v) is 5.70. The summed E-state index contributed by atoms with van der Waals surface area (Å²) >= 11 is 5.93. The van der Waals surface area contributed by atoms with E-state index in [2.05, 4.69) is 0 Å². The van der Waals surface area contributed by atoms with Crippen molar-refractivity contribution in [2.24, 2.45) is 5.73 Å². The molecule has 1 aromatic carbocycles. The predicted molar refractivity (Wildman–Crippen MR) is 66.3 cm³/mol. The van der Waals surface area contributed by atoms with Gasteiger partial charge < -0.3 is 15.2 Å². The van der Waals surface area contributed by atoms with Gasteiger partial charge in [0, 0.05) is 11.6 Å². The molecule has 0 heterocycles. The molecule has 0 amide bonds. The van der Waals surface area contributed by atoms with Crippen LogP contribution in [-0.2, 0) is 4.74 Å². The van der Waals surface area contributed by atoms with Gasteiger partial charge in [0.25, 0.3) is 0 Å². The van der Waals surface area contributed by atoms with Gasteiger partial charge in [-0.15, -0.1) is 0 Å². The number of benzene rings is 1. The van der Waals surface area contributed by atoms with Crippen LogP contribution in [-0.4, -0.2) is 26.4 Å². The van der Waals surface area contributed by atoms with E-state index in [1.165, 1.54) is 0 Å². The van der Waals surface area contributed by atoms with Gasteiger partial charge in [0.2, 0.25) is 0 Å². The summed E-state index contributed by atoms with van der Waals surface area (Å²) in [6.45, 7) is 6.16. The lowest BCUT2D eigenvalue weighted by Gasteiger charge is -2.12. The van der Waals surface area contributed by atoms with Crippen LogP contribution in [0.1, 0.15) is 11.1 Å². The molecule has 0 aromatic heterocycles. The number of aryl methyl sites for hydroxylation is 2. The molecule has 0 aliphatic heterocycles. The second-order valence-electron chi connectivity index (χ2n) is 3.62. The number of hydrogen-bond acceptors (Lipinski definition) is 3. The van der Waals surface area contributed by atoms with Crippen LogP contribution in [0.4, 0.5) is 0 Å². The third kappa shape index (κ3) is 4.00. The van der Waals surface area contributed by atoms with Gasteiger partial charge in [-0.25, -0.2) is 0 Å². The number of halogens is 1. The Balaban J connectivity index is 2.47.